The Hall–Kier alpha value is -0.0231. The maximum Gasteiger partial charge on any atom is 0.680 e. The summed E-state index contributed by atoms with van der Waals surface area (Å²) in [6.45, 7) is 3.36. The number of rotatable bonds is 10. The van der Waals surface area contributed by atoms with E-state index < -0.39 is 9.05 Å². The molecule has 0 spiro atoms. The molecule has 1 aliphatic heterocycles. The molecular formula is C10H22O6Si. The molecule has 1 aliphatic rings. The van der Waals surface area contributed by atoms with Crippen LogP contribution in [0.3, 0.4) is 0 Å². The minimum Gasteiger partial charge on any atom is -0.371 e. The molecule has 0 bridgehead atoms. The highest BCUT2D eigenvalue weighted by atomic mass is 28.4. The number of ether oxygens (including phenoxy) is 2. The average Bonchev–Trinajstić information content (AvgIpc) is 3.17. The van der Waals surface area contributed by atoms with Crippen LogP contribution in [0, 0.1) is 0 Å². The van der Waals surface area contributed by atoms with E-state index in [4.69, 9.17) is 27.2 Å². The number of hydrogen-bond donors (Lipinski definition) is 0. The molecule has 0 aromatic heterocycles. The minimum atomic E-state index is -3.04. The third-order valence-electron chi connectivity index (χ3n) is 2.42. The van der Waals surface area contributed by atoms with E-state index in [1.807, 2.05) is 0 Å². The molecule has 1 heterocycles. The predicted octanol–water partition coefficient (Wildman–Crippen LogP) is 0.919. The van der Waals surface area contributed by atoms with Crippen molar-refractivity contribution in [2.75, 3.05) is 34.5 Å². The minimum absolute atomic E-state index is 0.210. The highest BCUT2D eigenvalue weighted by Gasteiger charge is 2.45. The predicted molar refractivity (Wildman–Crippen MR) is 62.3 cm³/mol. The van der Waals surface area contributed by atoms with Gasteiger partial charge in [-0.1, -0.05) is 13.3 Å². The lowest BCUT2D eigenvalue weighted by Gasteiger charge is -2.28. The lowest BCUT2D eigenvalue weighted by Crippen LogP contribution is -2.49. The first-order valence-corrected chi connectivity index (χ1v) is 7.39. The largest absolute Gasteiger partial charge is 0.680 e. The van der Waals surface area contributed by atoms with Crippen molar-refractivity contribution >= 4 is 9.05 Å². The van der Waals surface area contributed by atoms with Crippen molar-refractivity contribution in [1.29, 1.82) is 0 Å². The summed E-state index contributed by atoms with van der Waals surface area (Å²) >= 11 is 0. The summed E-state index contributed by atoms with van der Waals surface area (Å²) < 4.78 is 32.0. The summed E-state index contributed by atoms with van der Waals surface area (Å²) in [5, 5.41) is 0. The van der Waals surface area contributed by atoms with Crippen LogP contribution in [0.5, 0.6) is 0 Å². The summed E-state index contributed by atoms with van der Waals surface area (Å²) in [5.41, 5.74) is 0. The van der Waals surface area contributed by atoms with E-state index in [0.29, 0.717) is 6.61 Å². The van der Waals surface area contributed by atoms with Gasteiger partial charge in [0.2, 0.25) is 0 Å². The van der Waals surface area contributed by atoms with E-state index in [2.05, 4.69) is 6.92 Å². The van der Waals surface area contributed by atoms with Gasteiger partial charge in [0.25, 0.3) is 0 Å². The van der Waals surface area contributed by atoms with Crippen LogP contribution in [0.2, 0.25) is 0 Å². The van der Waals surface area contributed by atoms with Crippen LogP contribution in [0.1, 0.15) is 19.8 Å². The average molecular weight is 266 g/mol. The molecule has 0 amide bonds. The molecule has 6 nitrogen and oxygen atoms in total. The van der Waals surface area contributed by atoms with Crippen molar-refractivity contribution in [2.24, 2.45) is 0 Å². The molecule has 2 unspecified atom stereocenters. The Morgan fingerprint density at radius 3 is 2.24 bits per heavy atom. The first-order valence-electron chi connectivity index (χ1n) is 5.76. The third kappa shape index (κ3) is 5.00. The van der Waals surface area contributed by atoms with Gasteiger partial charge in [-0.25, -0.2) is 0 Å². The Labute approximate surface area is 104 Å². The van der Waals surface area contributed by atoms with Gasteiger partial charge < -0.3 is 27.2 Å². The molecule has 0 N–H and O–H groups in total. The van der Waals surface area contributed by atoms with Gasteiger partial charge in [-0.2, -0.15) is 0 Å². The molecule has 0 aromatic rings. The molecular weight excluding hydrogens is 244 g/mol. The van der Waals surface area contributed by atoms with Gasteiger partial charge in [-0.05, 0) is 6.42 Å². The van der Waals surface area contributed by atoms with Crippen LogP contribution in [-0.2, 0) is 27.2 Å². The number of hydrogen-bond acceptors (Lipinski definition) is 6. The van der Waals surface area contributed by atoms with Crippen LogP contribution in [-0.4, -0.2) is 56.0 Å². The molecule has 7 heteroatoms. The van der Waals surface area contributed by atoms with Gasteiger partial charge in [0.05, 0.1) is 13.2 Å². The van der Waals surface area contributed by atoms with E-state index in [0.717, 1.165) is 19.4 Å². The monoisotopic (exact) mass is 266 g/mol. The molecule has 1 rings (SSSR count). The Bertz CT molecular complexity index is 199. The van der Waals surface area contributed by atoms with Crippen molar-refractivity contribution in [3.05, 3.63) is 0 Å². The summed E-state index contributed by atoms with van der Waals surface area (Å²) in [7, 11) is 1.48. The van der Waals surface area contributed by atoms with Gasteiger partial charge in [0.1, 0.15) is 6.10 Å². The van der Waals surface area contributed by atoms with Gasteiger partial charge in [-0.15, -0.1) is 0 Å². The van der Waals surface area contributed by atoms with Crippen LogP contribution >= 0.6 is 0 Å². The summed E-state index contributed by atoms with van der Waals surface area (Å²) in [6, 6.07) is 0. The molecule has 0 aromatic carbocycles. The number of epoxide rings is 1. The van der Waals surface area contributed by atoms with Gasteiger partial charge in [0, 0.05) is 21.3 Å². The second-order valence-electron chi connectivity index (χ2n) is 3.74. The van der Waals surface area contributed by atoms with E-state index >= 15 is 0 Å². The zero-order valence-corrected chi connectivity index (χ0v) is 11.9. The molecule has 17 heavy (non-hydrogen) atoms. The van der Waals surface area contributed by atoms with Crippen LogP contribution in [0.25, 0.3) is 0 Å². The van der Waals surface area contributed by atoms with Crippen molar-refractivity contribution in [1.82, 2.24) is 0 Å². The van der Waals surface area contributed by atoms with Crippen LogP contribution in [0.4, 0.5) is 0 Å². The Morgan fingerprint density at radius 1 is 1.24 bits per heavy atom. The fourth-order valence-corrected chi connectivity index (χ4v) is 2.64. The molecule has 2 atom stereocenters. The molecule has 0 radical (unpaired) electrons. The summed E-state index contributed by atoms with van der Waals surface area (Å²) in [5.74, 6) is 0. The third-order valence-corrected chi connectivity index (χ3v) is 4.47. The Kier molecular flexibility index (Phi) is 6.56. The van der Waals surface area contributed by atoms with Crippen LogP contribution < -0.4 is 0 Å². The van der Waals surface area contributed by atoms with Gasteiger partial charge in [0.15, 0.2) is 6.29 Å². The fourth-order valence-electron chi connectivity index (χ4n) is 1.35. The van der Waals surface area contributed by atoms with Gasteiger partial charge >= 0.3 is 9.05 Å². The van der Waals surface area contributed by atoms with E-state index in [-0.39, 0.29) is 12.4 Å². The van der Waals surface area contributed by atoms with Crippen LogP contribution in [0.15, 0.2) is 0 Å². The highest BCUT2D eigenvalue weighted by molar-refractivity contribution is 6.53. The smallest absolute Gasteiger partial charge is 0.371 e. The zero-order valence-electron chi connectivity index (χ0n) is 10.9. The SMILES string of the molecule is CCCC(OCC1CO1)O[Si](OC)(OC)OC. The standard InChI is InChI=1S/C10H22O6Si/c1-5-6-10(15-8-9-7-14-9)16-17(11-2,12-3)13-4/h9-10H,5-8H2,1-4H3. The van der Waals surface area contributed by atoms with Crippen molar-refractivity contribution in [2.45, 2.75) is 32.2 Å². The maximum absolute atomic E-state index is 5.70. The van der Waals surface area contributed by atoms with E-state index in [9.17, 15) is 0 Å². The first kappa shape index (κ1) is 15.0. The van der Waals surface area contributed by atoms with Crippen molar-refractivity contribution < 1.29 is 27.2 Å². The Balaban J connectivity index is 2.43. The second-order valence-corrected chi connectivity index (χ2v) is 6.20. The molecule has 0 saturated carbocycles. The maximum atomic E-state index is 5.70. The summed E-state index contributed by atoms with van der Waals surface area (Å²) in [6.07, 6.45) is 1.53. The first-order chi connectivity index (χ1) is 8.19. The quantitative estimate of drug-likeness (QED) is 0.333. The molecule has 102 valence electrons. The van der Waals surface area contributed by atoms with E-state index in [1.165, 1.54) is 21.3 Å². The van der Waals surface area contributed by atoms with Crippen molar-refractivity contribution in [3.63, 3.8) is 0 Å². The highest BCUT2D eigenvalue weighted by Crippen LogP contribution is 2.17. The lowest BCUT2D eigenvalue weighted by molar-refractivity contribution is -0.145. The van der Waals surface area contributed by atoms with Crippen molar-refractivity contribution in [3.8, 4) is 0 Å². The second kappa shape index (κ2) is 7.42. The topological polar surface area (TPSA) is 58.7 Å². The molecule has 1 fully saturated rings. The van der Waals surface area contributed by atoms with E-state index in [1.54, 1.807) is 0 Å². The lowest BCUT2D eigenvalue weighted by atomic mass is 10.3. The zero-order chi connectivity index (χ0) is 12.7. The summed E-state index contributed by atoms with van der Waals surface area (Å²) in [4.78, 5) is 0. The normalized spacial score (nSPS) is 21.5. The molecule has 1 saturated heterocycles. The van der Waals surface area contributed by atoms with Gasteiger partial charge in [-0.3, -0.25) is 0 Å². The molecule has 0 aliphatic carbocycles. The fraction of sp³-hybridized carbons (Fsp3) is 1.00. The Morgan fingerprint density at radius 2 is 1.82 bits per heavy atom.